The van der Waals surface area contributed by atoms with Crippen LogP contribution in [-0.2, 0) is 14.3 Å². The topological polar surface area (TPSA) is 79.2 Å². The van der Waals surface area contributed by atoms with Crippen LogP contribution in [0.5, 0.6) is 0 Å². The lowest BCUT2D eigenvalue weighted by atomic mass is 9.85. The van der Waals surface area contributed by atoms with Crippen molar-refractivity contribution in [3.05, 3.63) is 0 Å². The van der Waals surface area contributed by atoms with E-state index < -0.39 is 23.8 Å². The fourth-order valence-corrected chi connectivity index (χ4v) is 3.48. The zero-order chi connectivity index (χ0) is 15.8. The normalized spacial score (nSPS) is 33.8. The highest BCUT2D eigenvalue weighted by atomic mass is 16.6. The smallest absolute Gasteiger partial charge is 0.341 e. The molecule has 122 valence electrons. The third-order valence-electron chi connectivity index (χ3n) is 5.05. The number of nitrogens with zero attached hydrogens (tertiary/aromatic N) is 1. The van der Waals surface area contributed by atoms with Crippen molar-refractivity contribution >= 4 is 5.97 Å². The largest absolute Gasteiger partial charge is 0.458 e. The summed E-state index contributed by atoms with van der Waals surface area (Å²) in [6, 6.07) is -0.136. The fourth-order valence-electron chi connectivity index (χ4n) is 3.48. The number of rotatable bonds is 5. The quantitative estimate of drug-likeness (QED) is 0.704. The molecule has 6 heteroatoms. The molecule has 0 aromatic heterocycles. The van der Waals surface area contributed by atoms with E-state index in [4.69, 9.17) is 9.47 Å². The maximum absolute atomic E-state index is 12.5. The first kappa shape index (κ1) is 16.7. The molecule has 0 aromatic rings. The lowest BCUT2D eigenvalue weighted by Crippen LogP contribution is -2.55. The Bertz CT molecular complexity index is 388. The summed E-state index contributed by atoms with van der Waals surface area (Å²) in [7, 11) is 1.46. The van der Waals surface area contributed by atoms with Gasteiger partial charge >= 0.3 is 5.97 Å². The van der Waals surface area contributed by atoms with E-state index in [0.717, 1.165) is 13.1 Å². The molecule has 0 aliphatic carbocycles. The van der Waals surface area contributed by atoms with E-state index in [9.17, 15) is 15.0 Å². The monoisotopic (exact) mass is 301 g/mol. The second-order valence-electron chi connectivity index (χ2n) is 6.47. The summed E-state index contributed by atoms with van der Waals surface area (Å²) in [5.74, 6) is -0.983. The highest BCUT2D eigenvalue weighted by Gasteiger charge is 2.51. The number of aliphatic hydroxyl groups is 2. The molecule has 2 fully saturated rings. The lowest BCUT2D eigenvalue weighted by Gasteiger charge is -2.36. The standard InChI is InChI=1S/C15H27NO5/c1-9(2)15(19,10(3)20-4)14(18)21-12-6-8-16-7-5-11(17)13(12)16/h9-13,17,19H,5-8H2,1-4H3/t10-,11+,12+,13-,15+/m1/s1. The SMILES string of the molecule is CO[C@H](C)[C@](O)(C(=O)O[C@H]1CCN2CC[C@H](O)[C@H]12)C(C)C. The molecule has 2 aliphatic rings. The summed E-state index contributed by atoms with van der Waals surface area (Å²) < 4.78 is 10.7. The minimum Gasteiger partial charge on any atom is -0.458 e. The molecule has 0 amide bonds. The van der Waals surface area contributed by atoms with Crippen LogP contribution in [-0.4, -0.2) is 71.2 Å². The van der Waals surface area contributed by atoms with E-state index in [1.165, 1.54) is 7.11 Å². The van der Waals surface area contributed by atoms with Crippen molar-refractivity contribution in [1.29, 1.82) is 0 Å². The summed E-state index contributed by atoms with van der Waals surface area (Å²) in [4.78, 5) is 14.7. The molecule has 0 bridgehead atoms. The van der Waals surface area contributed by atoms with Gasteiger partial charge in [-0.05, 0) is 25.7 Å². The number of aliphatic hydroxyl groups excluding tert-OH is 1. The number of carbonyl (C=O) groups is 1. The average Bonchev–Trinajstić information content (AvgIpc) is 3.01. The van der Waals surface area contributed by atoms with Gasteiger partial charge in [-0.1, -0.05) is 13.8 Å². The van der Waals surface area contributed by atoms with Gasteiger partial charge in [0.25, 0.3) is 0 Å². The van der Waals surface area contributed by atoms with Crippen molar-refractivity contribution in [2.75, 3.05) is 20.2 Å². The molecule has 0 aromatic carbocycles. The number of hydrogen-bond donors (Lipinski definition) is 2. The number of carbonyl (C=O) groups excluding carboxylic acids is 1. The van der Waals surface area contributed by atoms with Crippen molar-refractivity contribution in [1.82, 2.24) is 4.90 Å². The Morgan fingerprint density at radius 3 is 2.48 bits per heavy atom. The molecule has 6 nitrogen and oxygen atoms in total. The van der Waals surface area contributed by atoms with Gasteiger partial charge < -0.3 is 19.7 Å². The minimum absolute atomic E-state index is 0.136. The Kier molecular flexibility index (Phi) is 4.92. The maximum atomic E-state index is 12.5. The maximum Gasteiger partial charge on any atom is 0.341 e. The van der Waals surface area contributed by atoms with Gasteiger partial charge in [0.2, 0.25) is 0 Å². The summed E-state index contributed by atoms with van der Waals surface area (Å²) in [6.45, 7) is 6.85. The van der Waals surface area contributed by atoms with Crippen LogP contribution in [0.25, 0.3) is 0 Å². The van der Waals surface area contributed by atoms with Gasteiger partial charge in [-0.2, -0.15) is 0 Å². The molecular weight excluding hydrogens is 274 g/mol. The van der Waals surface area contributed by atoms with Gasteiger partial charge in [0.15, 0.2) is 5.60 Å². The van der Waals surface area contributed by atoms with Crippen molar-refractivity contribution in [3.63, 3.8) is 0 Å². The van der Waals surface area contributed by atoms with E-state index >= 15 is 0 Å². The Hall–Kier alpha value is -0.690. The summed E-state index contributed by atoms with van der Waals surface area (Å²) >= 11 is 0. The minimum atomic E-state index is -1.67. The van der Waals surface area contributed by atoms with E-state index in [1.807, 2.05) is 0 Å². The molecule has 2 heterocycles. The molecule has 0 spiro atoms. The van der Waals surface area contributed by atoms with Gasteiger partial charge in [0.1, 0.15) is 6.10 Å². The van der Waals surface area contributed by atoms with Crippen molar-refractivity contribution in [2.45, 2.75) is 63.6 Å². The molecule has 0 radical (unpaired) electrons. The summed E-state index contributed by atoms with van der Waals surface area (Å²) in [5.41, 5.74) is -1.67. The number of ether oxygens (including phenoxy) is 2. The zero-order valence-electron chi connectivity index (χ0n) is 13.3. The number of methoxy groups -OCH3 is 1. The van der Waals surface area contributed by atoms with Gasteiger partial charge in [-0.15, -0.1) is 0 Å². The first-order valence-electron chi connectivity index (χ1n) is 7.70. The predicted molar refractivity (Wildman–Crippen MR) is 76.7 cm³/mol. The average molecular weight is 301 g/mol. The van der Waals surface area contributed by atoms with Gasteiger partial charge in [0.05, 0.1) is 18.2 Å². The first-order chi connectivity index (χ1) is 9.82. The van der Waals surface area contributed by atoms with E-state index in [1.54, 1.807) is 20.8 Å². The van der Waals surface area contributed by atoms with Gasteiger partial charge in [-0.3, -0.25) is 4.90 Å². The molecule has 2 rings (SSSR count). The fraction of sp³-hybridized carbons (Fsp3) is 0.933. The van der Waals surface area contributed by atoms with E-state index in [-0.39, 0.29) is 18.1 Å². The third kappa shape index (κ3) is 2.82. The lowest BCUT2D eigenvalue weighted by molar-refractivity contribution is -0.194. The molecule has 2 N–H and O–H groups in total. The Morgan fingerprint density at radius 2 is 1.90 bits per heavy atom. The summed E-state index contributed by atoms with van der Waals surface area (Å²) in [5, 5.41) is 20.7. The molecule has 2 aliphatic heterocycles. The molecule has 21 heavy (non-hydrogen) atoms. The summed E-state index contributed by atoms with van der Waals surface area (Å²) in [6.07, 6.45) is -0.0670. The van der Waals surface area contributed by atoms with E-state index in [0.29, 0.717) is 12.8 Å². The Morgan fingerprint density at radius 1 is 1.29 bits per heavy atom. The van der Waals surface area contributed by atoms with Gasteiger partial charge in [0, 0.05) is 20.2 Å². The van der Waals surface area contributed by atoms with Crippen LogP contribution in [0, 0.1) is 5.92 Å². The van der Waals surface area contributed by atoms with E-state index in [2.05, 4.69) is 4.90 Å². The number of hydrogen-bond acceptors (Lipinski definition) is 6. The van der Waals surface area contributed by atoms with Crippen LogP contribution < -0.4 is 0 Å². The second-order valence-corrected chi connectivity index (χ2v) is 6.47. The van der Waals surface area contributed by atoms with Crippen LogP contribution >= 0.6 is 0 Å². The van der Waals surface area contributed by atoms with Crippen LogP contribution in [0.2, 0.25) is 0 Å². The van der Waals surface area contributed by atoms with Crippen LogP contribution in [0.1, 0.15) is 33.6 Å². The Labute approximate surface area is 126 Å². The highest BCUT2D eigenvalue weighted by Crippen LogP contribution is 2.33. The number of fused-ring (bicyclic) bond motifs is 1. The predicted octanol–water partition coefficient (Wildman–Crippen LogP) is 0.159. The van der Waals surface area contributed by atoms with Crippen LogP contribution in [0.4, 0.5) is 0 Å². The first-order valence-corrected chi connectivity index (χ1v) is 7.70. The van der Waals surface area contributed by atoms with Crippen LogP contribution in [0.15, 0.2) is 0 Å². The Balaban J connectivity index is 2.09. The molecule has 5 atom stereocenters. The molecule has 0 unspecified atom stereocenters. The highest BCUT2D eigenvalue weighted by molar-refractivity contribution is 5.80. The van der Waals surface area contributed by atoms with Crippen molar-refractivity contribution in [2.24, 2.45) is 5.92 Å². The second kappa shape index (κ2) is 6.20. The third-order valence-corrected chi connectivity index (χ3v) is 5.05. The van der Waals surface area contributed by atoms with Crippen LogP contribution in [0.3, 0.4) is 0 Å². The number of esters is 1. The molecular formula is C15H27NO5. The molecule has 0 saturated carbocycles. The van der Waals surface area contributed by atoms with Gasteiger partial charge in [-0.25, -0.2) is 4.79 Å². The molecule has 2 saturated heterocycles. The van der Waals surface area contributed by atoms with Crippen molar-refractivity contribution < 1.29 is 24.5 Å². The van der Waals surface area contributed by atoms with Crippen molar-refractivity contribution in [3.8, 4) is 0 Å². The zero-order valence-corrected chi connectivity index (χ0v) is 13.3.